The van der Waals surface area contributed by atoms with Crippen LogP contribution < -0.4 is 0 Å². The van der Waals surface area contributed by atoms with Gasteiger partial charge < -0.3 is 0 Å². The first kappa shape index (κ1) is 15.9. The zero-order valence-corrected chi connectivity index (χ0v) is 15.1. The molecule has 5 rings (SSSR count). The highest BCUT2D eigenvalue weighted by Gasteiger charge is 2.60. The predicted octanol–water partition coefficient (Wildman–Crippen LogP) is 3.63. The number of benzene rings is 2. The number of carbonyl (C=O) groups excluding carboxylic acids is 2. The van der Waals surface area contributed by atoms with Crippen molar-refractivity contribution in [3.8, 4) is 11.1 Å². The zero-order valence-electron chi connectivity index (χ0n) is 15.1. The number of rotatable bonds is 2. The minimum absolute atomic E-state index is 0.0929. The van der Waals surface area contributed by atoms with Crippen LogP contribution in [0.2, 0.25) is 0 Å². The Hall–Kier alpha value is -3.27. The molecule has 0 amide bonds. The molecular formula is C23H18N2O2. The topological polar surface area (TPSA) is 49.7 Å². The minimum atomic E-state index is -0.728. The van der Waals surface area contributed by atoms with Gasteiger partial charge in [-0.1, -0.05) is 54.6 Å². The molecule has 2 heterocycles. The molecule has 0 saturated heterocycles. The van der Waals surface area contributed by atoms with E-state index in [0.29, 0.717) is 11.3 Å². The molecule has 0 radical (unpaired) electrons. The Bertz CT molecular complexity index is 1060. The van der Waals surface area contributed by atoms with Gasteiger partial charge in [-0.25, -0.2) is 0 Å². The van der Waals surface area contributed by atoms with Crippen LogP contribution in [0.1, 0.15) is 25.0 Å². The van der Waals surface area contributed by atoms with Gasteiger partial charge in [0.05, 0.1) is 11.5 Å². The molecule has 1 atom stereocenters. The number of hydrazone groups is 1. The molecule has 4 nitrogen and oxygen atoms in total. The van der Waals surface area contributed by atoms with Crippen LogP contribution >= 0.6 is 0 Å². The lowest BCUT2D eigenvalue weighted by Gasteiger charge is -2.37. The third-order valence-corrected chi connectivity index (χ3v) is 5.82. The van der Waals surface area contributed by atoms with Crippen molar-refractivity contribution in [1.29, 1.82) is 0 Å². The van der Waals surface area contributed by atoms with Crippen LogP contribution in [0.4, 0.5) is 0 Å². The normalized spacial score (nSPS) is 20.7. The lowest BCUT2D eigenvalue weighted by atomic mass is 9.67. The number of Topliss-reactive ketones (excluding diaryl/α,β-unsaturated/α-hetero) is 2. The second-order valence-corrected chi connectivity index (χ2v) is 7.17. The van der Waals surface area contributed by atoms with E-state index < -0.39 is 5.41 Å². The molecule has 1 unspecified atom stereocenters. The summed E-state index contributed by atoms with van der Waals surface area (Å²) in [6.07, 6.45) is 5.61. The molecule has 132 valence electrons. The van der Waals surface area contributed by atoms with Crippen molar-refractivity contribution in [3.63, 3.8) is 0 Å². The average Bonchev–Trinajstić information content (AvgIpc) is 3.15. The van der Waals surface area contributed by atoms with Gasteiger partial charge in [0.15, 0.2) is 11.6 Å². The SMILES string of the molecule is CC(=O)C1=C(C(C)=O)C2(c3ccccc3-c3ccccc32)C2C=CC=NN12. The maximum atomic E-state index is 13.0. The van der Waals surface area contributed by atoms with Gasteiger partial charge in [0.25, 0.3) is 0 Å². The summed E-state index contributed by atoms with van der Waals surface area (Å²) >= 11 is 0. The smallest absolute Gasteiger partial charge is 0.178 e. The van der Waals surface area contributed by atoms with Gasteiger partial charge in [-0.15, -0.1) is 0 Å². The fourth-order valence-electron chi connectivity index (χ4n) is 5.03. The van der Waals surface area contributed by atoms with Crippen molar-refractivity contribution in [2.24, 2.45) is 5.10 Å². The van der Waals surface area contributed by atoms with E-state index in [1.165, 1.54) is 6.92 Å². The maximum Gasteiger partial charge on any atom is 0.178 e. The summed E-state index contributed by atoms with van der Waals surface area (Å²) in [4.78, 5) is 25.6. The van der Waals surface area contributed by atoms with Crippen molar-refractivity contribution >= 4 is 17.8 Å². The van der Waals surface area contributed by atoms with Crippen molar-refractivity contribution in [1.82, 2.24) is 5.01 Å². The Morgan fingerprint density at radius 3 is 2.07 bits per heavy atom. The van der Waals surface area contributed by atoms with E-state index in [4.69, 9.17) is 0 Å². The number of ketones is 2. The number of fused-ring (bicyclic) bond motifs is 7. The number of carbonyl (C=O) groups is 2. The minimum Gasteiger partial charge on any atom is -0.295 e. The Morgan fingerprint density at radius 1 is 0.926 bits per heavy atom. The molecule has 2 aromatic rings. The molecule has 3 aliphatic rings. The van der Waals surface area contributed by atoms with Crippen LogP contribution in [0.5, 0.6) is 0 Å². The molecule has 4 heteroatoms. The lowest BCUT2D eigenvalue weighted by molar-refractivity contribution is -0.117. The molecule has 1 spiro atoms. The first-order valence-electron chi connectivity index (χ1n) is 9.04. The van der Waals surface area contributed by atoms with Gasteiger partial charge >= 0.3 is 0 Å². The quantitative estimate of drug-likeness (QED) is 0.828. The van der Waals surface area contributed by atoms with Gasteiger partial charge in [-0.2, -0.15) is 5.10 Å². The first-order valence-corrected chi connectivity index (χ1v) is 9.04. The first-order chi connectivity index (χ1) is 13.1. The van der Waals surface area contributed by atoms with E-state index in [2.05, 4.69) is 29.4 Å². The predicted molar refractivity (Wildman–Crippen MR) is 104 cm³/mol. The van der Waals surface area contributed by atoms with Crippen LogP contribution in [0.3, 0.4) is 0 Å². The van der Waals surface area contributed by atoms with Crippen molar-refractivity contribution in [2.45, 2.75) is 25.3 Å². The Labute approximate surface area is 157 Å². The second-order valence-electron chi connectivity index (χ2n) is 7.17. The summed E-state index contributed by atoms with van der Waals surface area (Å²) in [6, 6.07) is 16.1. The Kier molecular flexibility index (Phi) is 3.17. The van der Waals surface area contributed by atoms with E-state index >= 15 is 0 Å². The maximum absolute atomic E-state index is 13.0. The van der Waals surface area contributed by atoms with Crippen LogP contribution in [0.25, 0.3) is 11.1 Å². The van der Waals surface area contributed by atoms with Gasteiger partial charge in [-0.3, -0.25) is 14.6 Å². The van der Waals surface area contributed by atoms with E-state index in [0.717, 1.165) is 22.3 Å². The number of nitrogens with zero attached hydrogens (tertiary/aromatic N) is 2. The fraction of sp³-hybridized carbons (Fsp3) is 0.174. The molecule has 0 bridgehead atoms. The number of allylic oxidation sites excluding steroid dienone is 2. The molecule has 0 saturated carbocycles. The summed E-state index contributed by atoms with van der Waals surface area (Å²) in [6.45, 7) is 3.06. The molecule has 27 heavy (non-hydrogen) atoms. The van der Waals surface area contributed by atoms with Gasteiger partial charge in [0, 0.05) is 18.7 Å². The molecular weight excluding hydrogens is 336 g/mol. The molecule has 2 aromatic carbocycles. The Morgan fingerprint density at radius 2 is 1.52 bits per heavy atom. The van der Waals surface area contributed by atoms with E-state index in [1.807, 2.05) is 36.4 Å². The summed E-state index contributed by atoms with van der Waals surface area (Å²) in [5, 5.41) is 6.22. The van der Waals surface area contributed by atoms with Crippen LogP contribution in [-0.4, -0.2) is 28.8 Å². The van der Waals surface area contributed by atoms with Crippen molar-refractivity contribution in [2.75, 3.05) is 0 Å². The highest BCUT2D eigenvalue weighted by molar-refractivity contribution is 6.10. The van der Waals surface area contributed by atoms with E-state index in [1.54, 1.807) is 18.1 Å². The molecule has 0 fully saturated rings. The summed E-state index contributed by atoms with van der Waals surface area (Å²) in [7, 11) is 0. The lowest BCUT2D eigenvalue weighted by Crippen LogP contribution is -2.44. The summed E-state index contributed by atoms with van der Waals surface area (Å²) in [5.74, 6) is -0.235. The number of hydrogen-bond donors (Lipinski definition) is 0. The summed E-state index contributed by atoms with van der Waals surface area (Å²) in [5.41, 5.74) is 4.56. The third kappa shape index (κ3) is 1.80. The van der Waals surface area contributed by atoms with Gasteiger partial charge in [0.1, 0.15) is 5.70 Å². The number of hydrogen-bond acceptors (Lipinski definition) is 4. The highest BCUT2D eigenvalue weighted by Crippen LogP contribution is 2.60. The van der Waals surface area contributed by atoms with E-state index in [-0.39, 0.29) is 17.6 Å². The molecule has 0 aromatic heterocycles. The highest BCUT2D eigenvalue weighted by atomic mass is 16.1. The van der Waals surface area contributed by atoms with Crippen LogP contribution in [0.15, 0.2) is 77.1 Å². The van der Waals surface area contributed by atoms with Crippen LogP contribution in [0, 0.1) is 0 Å². The monoisotopic (exact) mass is 354 g/mol. The largest absolute Gasteiger partial charge is 0.295 e. The second kappa shape index (κ2) is 5.36. The molecule has 2 aliphatic heterocycles. The fourth-order valence-corrected chi connectivity index (χ4v) is 5.03. The molecule has 1 aliphatic carbocycles. The van der Waals surface area contributed by atoms with Crippen molar-refractivity contribution in [3.05, 3.63) is 83.1 Å². The van der Waals surface area contributed by atoms with Crippen molar-refractivity contribution < 1.29 is 9.59 Å². The standard InChI is InChI=1S/C23H18N2O2/c1-14(26)21-22(15(2)27)25-20(12-7-13-24-25)23(21)18-10-5-3-8-16(18)17-9-4-6-11-19(17)23/h3-13,20H,1-2H3. The van der Waals surface area contributed by atoms with E-state index in [9.17, 15) is 9.59 Å². The van der Waals surface area contributed by atoms with Gasteiger partial charge in [-0.05, 0) is 35.3 Å². The summed E-state index contributed by atoms with van der Waals surface area (Å²) < 4.78 is 0. The molecule has 0 N–H and O–H groups in total. The van der Waals surface area contributed by atoms with Gasteiger partial charge in [0.2, 0.25) is 0 Å². The third-order valence-electron chi connectivity index (χ3n) is 5.82. The average molecular weight is 354 g/mol. The van der Waals surface area contributed by atoms with Crippen LogP contribution in [-0.2, 0) is 15.0 Å². The Balaban J connectivity index is 1.98. The zero-order chi connectivity index (χ0) is 18.8.